The minimum atomic E-state index is -0.535. The zero-order valence-electron chi connectivity index (χ0n) is 19.2. The van der Waals surface area contributed by atoms with Gasteiger partial charge in [-0.15, -0.1) is 0 Å². The maximum absolute atomic E-state index is 14.2. The number of hydrogen-bond acceptors (Lipinski definition) is 6. The molecule has 172 valence electrons. The zero-order chi connectivity index (χ0) is 23.5. The number of Topliss-reactive ketones (excluding diaryl/α,β-unsaturated/α-hetero) is 1. The highest BCUT2D eigenvalue weighted by molar-refractivity contribution is 5.94. The van der Waals surface area contributed by atoms with Crippen LogP contribution in [-0.4, -0.2) is 53.0 Å². The Labute approximate surface area is 188 Å². The smallest absolute Gasteiger partial charge is 0.410 e. The molecule has 0 saturated carbocycles. The van der Waals surface area contributed by atoms with Crippen LogP contribution in [0.4, 0.5) is 15.0 Å². The molecule has 2 heterocycles. The van der Waals surface area contributed by atoms with Gasteiger partial charge in [0.1, 0.15) is 23.8 Å². The molecular weight excluding hydrogens is 413 g/mol. The molecule has 1 aromatic carbocycles. The summed E-state index contributed by atoms with van der Waals surface area (Å²) in [6.45, 7) is 10.7. The van der Waals surface area contributed by atoms with Crippen molar-refractivity contribution >= 4 is 17.7 Å². The van der Waals surface area contributed by atoms with Crippen LogP contribution < -0.4 is 9.64 Å². The van der Waals surface area contributed by atoms with E-state index in [4.69, 9.17) is 9.47 Å². The third-order valence-electron chi connectivity index (χ3n) is 5.12. The Morgan fingerprint density at radius 2 is 1.94 bits per heavy atom. The average Bonchev–Trinajstić information content (AvgIpc) is 2.71. The highest BCUT2D eigenvalue weighted by Crippen LogP contribution is 2.22. The highest BCUT2D eigenvalue weighted by Gasteiger charge is 2.31. The third kappa shape index (κ3) is 5.96. The van der Waals surface area contributed by atoms with Gasteiger partial charge in [-0.25, -0.2) is 9.18 Å². The number of benzene rings is 1. The summed E-state index contributed by atoms with van der Waals surface area (Å²) in [6, 6.07) is 9.73. The molecule has 1 aromatic heterocycles. The molecular formula is C24H30FN3O4. The number of ether oxygens (including phenoxy) is 2. The summed E-state index contributed by atoms with van der Waals surface area (Å²) in [7, 11) is 0. The van der Waals surface area contributed by atoms with E-state index in [0.717, 1.165) is 5.82 Å². The lowest BCUT2D eigenvalue weighted by molar-refractivity contribution is 0.0158. The van der Waals surface area contributed by atoms with Crippen molar-refractivity contribution in [2.45, 2.75) is 52.9 Å². The van der Waals surface area contributed by atoms with Crippen LogP contribution in [0.3, 0.4) is 0 Å². The van der Waals surface area contributed by atoms with Crippen molar-refractivity contribution in [1.29, 1.82) is 0 Å². The molecule has 1 saturated heterocycles. The molecule has 1 fully saturated rings. The SMILES string of the molecule is CC(=O)c1ccc(COc2cccc(N3CCN(C(=O)OC(C)(C)C)[C@@H](C)C3)n2)c(F)c1. The fraction of sp³-hybridized carbons (Fsp3) is 0.458. The van der Waals surface area contributed by atoms with Crippen LogP contribution in [0.2, 0.25) is 0 Å². The average molecular weight is 444 g/mol. The lowest BCUT2D eigenvalue weighted by Crippen LogP contribution is -2.55. The lowest BCUT2D eigenvalue weighted by Gasteiger charge is -2.40. The largest absolute Gasteiger partial charge is 0.473 e. The summed E-state index contributed by atoms with van der Waals surface area (Å²) in [5, 5.41) is 0. The maximum atomic E-state index is 14.2. The Balaban J connectivity index is 1.62. The number of carbonyl (C=O) groups excluding carboxylic acids is 2. The van der Waals surface area contributed by atoms with Gasteiger partial charge in [-0.2, -0.15) is 4.98 Å². The van der Waals surface area contributed by atoms with Gasteiger partial charge in [-0.1, -0.05) is 18.2 Å². The monoisotopic (exact) mass is 443 g/mol. The summed E-state index contributed by atoms with van der Waals surface area (Å²) in [5.74, 6) is 0.429. The zero-order valence-corrected chi connectivity index (χ0v) is 19.2. The Hall–Kier alpha value is -3.16. The molecule has 32 heavy (non-hydrogen) atoms. The van der Waals surface area contributed by atoms with Crippen LogP contribution >= 0.6 is 0 Å². The molecule has 8 heteroatoms. The van der Waals surface area contributed by atoms with Gasteiger partial charge in [0.15, 0.2) is 5.78 Å². The number of halogens is 1. The van der Waals surface area contributed by atoms with Gasteiger partial charge < -0.3 is 19.3 Å². The second-order valence-electron chi connectivity index (χ2n) is 8.95. The molecule has 0 aliphatic carbocycles. The Morgan fingerprint density at radius 1 is 1.19 bits per heavy atom. The standard InChI is InChI=1S/C24H30FN3O4/c1-16-14-27(11-12-28(16)23(30)32-24(3,4)5)21-7-6-8-22(26-21)31-15-19-10-9-18(17(2)29)13-20(19)25/h6-10,13,16H,11-12,14-15H2,1-5H3/t16-/m0/s1. The van der Waals surface area contributed by atoms with Gasteiger partial charge in [0.25, 0.3) is 0 Å². The predicted molar refractivity (Wildman–Crippen MR) is 120 cm³/mol. The molecule has 0 spiro atoms. The predicted octanol–water partition coefficient (Wildman–Crippen LogP) is 4.45. The van der Waals surface area contributed by atoms with Crippen LogP contribution in [0.25, 0.3) is 0 Å². The molecule has 1 aliphatic heterocycles. The van der Waals surface area contributed by atoms with Crippen molar-refractivity contribution in [3.05, 3.63) is 53.3 Å². The number of hydrogen-bond donors (Lipinski definition) is 0. The first-order valence-corrected chi connectivity index (χ1v) is 10.7. The quantitative estimate of drug-likeness (QED) is 0.636. The fourth-order valence-electron chi connectivity index (χ4n) is 3.45. The van der Waals surface area contributed by atoms with Gasteiger partial charge in [-0.05, 0) is 46.8 Å². The number of aromatic nitrogens is 1. The number of amides is 1. The van der Waals surface area contributed by atoms with E-state index in [0.29, 0.717) is 36.6 Å². The topological polar surface area (TPSA) is 72.0 Å². The number of carbonyl (C=O) groups is 2. The Morgan fingerprint density at radius 3 is 2.56 bits per heavy atom. The molecule has 7 nitrogen and oxygen atoms in total. The first-order valence-electron chi connectivity index (χ1n) is 10.7. The minimum absolute atomic E-state index is 0.00327. The lowest BCUT2D eigenvalue weighted by atomic mass is 10.1. The summed E-state index contributed by atoms with van der Waals surface area (Å²) in [4.78, 5) is 32.2. The summed E-state index contributed by atoms with van der Waals surface area (Å²) >= 11 is 0. The van der Waals surface area contributed by atoms with Crippen molar-refractivity contribution < 1.29 is 23.5 Å². The van der Waals surface area contributed by atoms with Gasteiger partial charge in [0.2, 0.25) is 5.88 Å². The van der Waals surface area contributed by atoms with E-state index in [2.05, 4.69) is 9.88 Å². The van der Waals surface area contributed by atoms with E-state index >= 15 is 0 Å². The van der Waals surface area contributed by atoms with Gasteiger partial charge in [0, 0.05) is 42.9 Å². The first-order chi connectivity index (χ1) is 15.0. The molecule has 2 aromatic rings. The molecule has 0 N–H and O–H groups in total. The van der Waals surface area contributed by atoms with E-state index in [1.807, 2.05) is 39.8 Å². The van der Waals surface area contributed by atoms with Crippen LogP contribution in [0.15, 0.2) is 36.4 Å². The van der Waals surface area contributed by atoms with E-state index in [1.54, 1.807) is 23.1 Å². The Bertz CT molecular complexity index is 989. The van der Waals surface area contributed by atoms with E-state index in [9.17, 15) is 14.0 Å². The van der Waals surface area contributed by atoms with Crippen LogP contribution in [0, 0.1) is 5.82 Å². The second kappa shape index (κ2) is 9.54. The van der Waals surface area contributed by atoms with Gasteiger partial charge in [0.05, 0.1) is 0 Å². The molecule has 0 radical (unpaired) electrons. The van der Waals surface area contributed by atoms with Gasteiger partial charge >= 0.3 is 6.09 Å². The first kappa shape index (κ1) is 23.5. The normalized spacial score (nSPS) is 16.6. The summed E-state index contributed by atoms with van der Waals surface area (Å²) < 4.78 is 25.4. The van der Waals surface area contributed by atoms with Crippen LogP contribution in [-0.2, 0) is 11.3 Å². The van der Waals surface area contributed by atoms with E-state index in [-0.39, 0.29) is 24.5 Å². The minimum Gasteiger partial charge on any atom is -0.473 e. The van der Waals surface area contributed by atoms with Crippen molar-refractivity contribution in [1.82, 2.24) is 9.88 Å². The number of nitrogens with zero attached hydrogens (tertiary/aromatic N) is 3. The fourth-order valence-corrected chi connectivity index (χ4v) is 3.45. The van der Waals surface area contributed by atoms with Crippen molar-refractivity contribution in [2.24, 2.45) is 0 Å². The molecule has 1 atom stereocenters. The number of piperazine rings is 1. The third-order valence-corrected chi connectivity index (χ3v) is 5.12. The molecule has 1 aliphatic rings. The van der Waals surface area contributed by atoms with E-state index < -0.39 is 11.4 Å². The molecule has 0 bridgehead atoms. The van der Waals surface area contributed by atoms with Gasteiger partial charge in [-0.3, -0.25) is 4.79 Å². The second-order valence-corrected chi connectivity index (χ2v) is 8.95. The van der Waals surface area contributed by atoms with Crippen molar-refractivity contribution in [3.63, 3.8) is 0 Å². The van der Waals surface area contributed by atoms with Crippen molar-refractivity contribution in [2.75, 3.05) is 24.5 Å². The molecule has 1 amide bonds. The number of ketones is 1. The van der Waals surface area contributed by atoms with Crippen LogP contribution in [0.1, 0.15) is 50.5 Å². The summed E-state index contributed by atoms with van der Waals surface area (Å²) in [6.07, 6.45) is -0.312. The Kier molecular flexibility index (Phi) is 7.01. The maximum Gasteiger partial charge on any atom is 0.410 e. The number of anilines is 1. The molecule has 3 rings (SSSR count). The summed E-state index contributed by atoms with van der Waals surface area (Å²) in [5.41, 5.74) is 0.139. The number of pyridine rings is 1. The van der Waals surface area contributed by atoms with E-state index in [1.165, 1.54) is 13.0 Å². The molecule has 0 unspecified atom stereocenters. The van der Waals surface area contributed by atoms with Crippen LogP contribution in [0.5, 0.6) is 5.88 Å². The van der Waals surface area contributed by atoms with Crippen molar-refractivity contribution in [3.8, 4) is 5.88 Å². The number of rotatable bonds is 5. The highest BCUT2D eigenvalue weighted by atomic mass is 19.1.